The summed E-state index contributed by atoms with van der Waals surface area (Å²) in [6, 6.07) is 10.4. The first kappa shape index (κ1) is 28.1. The van der Waals surface area contributed by atoms with Gasteiger partial charge < -0.3 is 14.7 Å². The topological polar surface area (TPSA) is 70.1 Å². The highest BCUT2D eigenvalue weighted by Crippen LogP contribution is 2.47. The number of aryl methyl sites for hydroxylation is 1. The first-order valence-corrected chi connectivity index (χ1v) is 14.2. The lowest BCUT2D eigenvalue weighted by atomic mass is 9.82. The zero-order chi connectivity index (χ0) is 27.2. The summed E-state index contributed by atoms with van der Waals surface area (Å²) in [5, 5.41) is 10.5. The Morgan fingerprint density at radius 2 is 1.76 bits per heavy atom. The Morgan fingerprint density at radius 1 is 1.05 bits per heavy atom. The van der Waals surface area contributed by atoms with E-state index in [0.717, 1.165) is 49.0 Å². The predicted octanol–water partition coefficient (Wildman–Crippen LogP) is 5.59. The Bertz CT molecular complexity index is 1130. The number of likely N-dealkylation sites (tertiary alicyclic amines) is 1. The zero-order valence-electron chi connectivity index (χ0n) is 22.9. The number of unbranched alkanes of at least 4 members (excludes halogenated alkanes) is 2. The van der Waals surface area contributed by atoms with Crippen molar-refractivity contribution in [2.45, 2.75) is 71.3 Å². The summed E-state index contributed by atoms with van der Waals surface area (Å²) >= 11 is 0. The second-order valence-corrected chi connectivity index (χ2v) is 10.6. The first-order chi connectivity index (χ1) is 18.4. The minimum atomic E-state index is -0.930. The molecule has 4 rings (SSSR count). The maximum Gasteiger partial charge on any atom is 0.309 e. The van der Waals surface area contributed by atoms with Crippen molar-refractivity contribution in [3.63, 3.8) is 0 Å². The number of carbonyl (C=O) groups is 2. The van der Waals surface area contributed by atoms with Crippen LogP contribution in [0.5, 0.6) is 5.75 Å². The Labute approximate surface area is 225 Å². The van der Waals surface area contributed by atoms with Gasteiger partial charge in [0, 0.05) is 38.0 Å². The van der Waals surface area contributed by atoms with E-state index < -0.39 is 17.9 Å². The molecular weight excluding hydrogens is 483 g/mol. The van der Waals surface area contributed by atoms with Crippen LogP contribution in [0.1, 0.15) is 80.7 Å². The molecule has 1 N–H and O–H groups in total. The van der Waals surface area contributed by atoms with E-state index >= 15 is 0 Å². The van der Waals surface area contributed by atoms with Crippen LogP contribution in [0.25, 0.3) is 0 Å². The van der Waals surface area contributed by atoms with Gasteiger partial charge in [0.2, 0.25) is 5.91 Å². The molecule has 2 aliphatic rings. The van der Waals surface area contributed by atoms with E-state index in [2.05, 4.69) is 19.9 Å². The number of carbonyl (C=O) groups excluding carboxylic acids is 1. The number of benzene rings is 2. The molecule has 1 amide bonds. The smallest absolute Gasteiger partial charge is 0.309 e. The van der Waals surface area contributed by atoms with Gasteiger partial charge in [-0.25, -0.2) is 4.39 Å². The van der Waals surface area contributed by atoms with Gasteiger partial charge in [0.1, 0.15) is 11.6 Å². The van der Waals surface area contributed by atoms with Gasteiger partial charge in [0.25, 0.3) is 0 Å². The summed E-state index contributed by atoms with van der Waals surface area (Å²) in [7, 11) is 0. The molecular formula is C31H41FN2O4. The molecule has 2 aromatic carbocycles. The zero-order valence-corrected chi connectivity index (χ0v) is 22.9. The molecule has 0 radical (unpaired) electrons. The standard InChI is InChI=1S/C31H41FN2O4/c1-4-7-14-33(15-8-5-2)28(35)20-34-19-25(22-11-12-27-23(17-22)13-16-38-27)29(31(36)37)30(34)24-10-9-21(6-3)26(32)18-24/h9-12,17-18,25,29-30H,4-8,13-16,19-20H2,1-3H3,(H,36,37)/t25-,29-,30+/m0/s1. The molecule has 2 heterocycles. The molecule has 7 heteroatoms. The number of aliphatic carboxylic acids is 1. The average molecular weight is 525 g/mol. The monoisotopic (exact) mass is 524 g/mol. The summed E-state index contributed by atoms with van der Waals surface area (Å²) in [4.78, 5) is 30.3. The fourth-order valence-corrected chi connectivity index (χ4v) is 5.93. The molecule has 206 valence electrons. The SMILES string of the molecule is CCCCN(CCCC)C(=O)CN1C[C@@H](c2ccc3c(c2)CCO3)[C@H](C(=O)O)[C@H]1c1ccc(CC)c(F)c1. The lowest BCUT2D eigenvalue weighted by molar-refractivity contribution is -0.144. The average Bonchev–Trinajstić information content (AvgIpc) is 3.53. The fourth-order valence-electron chi connectivity index (χ4n) is 5.93. The highest BCUT2D eigenvalue weighted by atomic mass is 19.1. The number of amides is 1. The van der Waals surface area contributed by atoms with Crippen LogP contribution in [0.3, 0.4) is 0 Å². The molecule has 0 bridgehead atoms. The number of rotatable bonds is 12. The highest BCUT2D eigenvalue weighted by molar-refractivity contribution is 5.79. The van der Waals surface area contributed by atoms with Crippen molar-refractivity contribution in [3.05, 3.63) is 64.5 Å². The van der Waals surface area contributed by atoms with Crippen molar-refractivity contribution in [2.75, 3.05) is 32.8 Å². The van der Waals surface area contributed by atoms with Gasteiger partial charge >= 0.3 is 5.97 Å². The second-order valence-electron chi connectivity index (χ2n) is 10.6. The molecule has 0 saturated carbocycles. The number of carboxylic acids is 1. The van der Waals surface area contributed by atoms with Crippen molar-refractivity contribution in [2.24, 2.45) is 5.92 Å². The third kappa shape index (κ3) is 6.04. The molecule has 3 atom stereocenters. The maximum atomic E-state index is 14.9. The van der Waals surface area contributed by atoms with E-state index in [1.807, 2.05) is 34.9 Å². The second kappa shape index (κ2) is 12.7. The van der Waals surface area contributed by atoms with E-state index in [4.69, 9.17) is 4.74 Å². The maximum absolute atomic E-state index is 14.9. The van der Waals surface area contributed by atoms with Gasteiger partial charge in [0.15, 0.2) is 0 Å². The molecule has 6 nitrogen and oxygen atoms in total. The summed E-state index contributed by atoms with van der Waals surface area (Å²) in [6.07, 6.45) is 5.21. The Kier molecular flexibility index (Phi) is 9.42. The predicted molar refractivity (Wildman–Crippen MR) is 146 cm³/mol. The van der Waals surface area contributed by atoms with E-state index in [1.165, 1.54) is 6.07 Å². The Hall–Kier alpha value is -2.93. The minimum absolute atomic E-state index is 0.00897. The van der Waals surface area contributed by atoms with Crippen molar-refractivity contribution >= 4 is 11.9 Å². The van der Waals surface area contributed by atoms with Gasteiger partial charge in [-0.3, -0.25) is 14.5 Å². The third-order valence-electron chi connectivity index (χ3n) is 8.08. The van der Waals surface area contributed by atoms with E-state index in [-0.39, 0.29) is 24.2 Å². The van der Waals surface area contributed by atoms with Crippen LogP contribution in [-0.4, -0.2) is 59.6 Å². The molecule has 0 aliphatic carbocycles. The fraction of sp³-hybridized carbons (Fsp3) is 0.548. The van der Waals surface area contributed by atoms with Gasteiger partial charge in [-0.05, 0) is 53.6 Å². The van der Waals surface area contributed by atoms with Crippen LogP contribution in [0.4, 0.5) is 4.39 Å². The molecule has 2 aliphatic heterocycles. The van der Waals surface area contributed by atoms with Gasteiger partial charge in [-0.2, -0.15) is 0 Å². The minimum Gasteiger partial charge on any atom is -0.493 e. The van der Waals surface area contributed by atoms with E-state index in [1.54, 1.807) is 6.07 Å². The van der Waals surface area contributed by atoms with Crippen LogP contribution >= 0.6 is 0 Å². The van der Waals surface area contributed by atoms with Crippen LogP contribution in [0, 0.1) is 11.7 Å². The lowest BCUT2D eigenvalue weighted by Gasteiger charge is -2.30. The number of hydrogen-bond donors (Lipinski definition) is 1. The van der Waals surface area contributed by atoms with E-state index in [9.17, 15) is 19.1 Å². The highest BCUT2D eigenvalue weighted by Gasteiger charge is 2.48. The first-order valence-electron chi connectivity index (χ1n) is 14.2. The summed E-state index contributed by atoms with van der Waals surface area (Å²) in [5.41, 5.74) is 3.23. The van der Waals surface area contributed by atoms with Crippen molar-refractivity contribution in [1.82, 2.24) is 9.80 Å². The van der Waals surface area contributed by atoms with Crippen LogP contribution < -0.4 is 4.74 Å². The largest absolute Gasteiger partial charge is 0.493 e. The van der Waals surface area contributed by atoms with Gasteiger partial charge in [0.05, 0.1) is 19.1 Å². The third-order valence-corrected chi connectivity index (χ3v) is 8.08. The number of hydrogen-bond acceptors (Lipinski definition) is 4. The molecule has 38 heavy (non-hydrogen) atoms. The number of halogens is 1. The summed E-state index contributed by atoms with van der Waals surface area (Å²) in [6.45, 7) is 8.67. The summed E-state index contributed by atoms with van der Waals surface area (Å²) < 4.78 is 20.6. The Morgan fingerprint density at radius 3 is 2.39 bits per heavy atom. The lowest BCUT2D eigenvalue weighted by Crippen LogP contribution is -2.42. The quantitative estimate of drug-likeness (QED) is 0.392. The van der Waals surface area contributed by atoms with Crippen molar-refractivity contribution in [3.8, 4) is 5.75 Å². The van der Waals surface area contributed by atoms with Crippen molar-refractivity contribution in [1.29, 1.82) is 0 Å². The van der Waals surface area contributed by atoms with Crippen LogP contribution in [-0.2, 0) is 22.4 Å². The Balaban J connectivity index is 1.70. The van der Waals surface area contributed by atoms with Crippen LogP contribution in [0.15, 0.2) is 36.4 Å². The molecule has 0 spiro atoms. The number of carboxylic acid groups (broad SMARTS) is 1. The normalized spacial score (nSPS) is 20.8. The van der Waals surface area contributed by atoms with Crippen molar-refractivity contribution < 1.29 is 23.8 Å². The van der Waals surface area contributed by atoms with Gasteiger partial charge in [-0.1, -0.05) is 57.9 Å². The molecule has 0 unspecified atom stereocenters. The number of ether oxygens (including phenoxy) is 1. The van der Waals surface area contributed by atoms with Crippen LogP contribution in [0.2, 0.25) is 0 Å². The molecule has 2 aromatic rings. The molecule has 1 fully saturated rings. The van der Waals surface area contributed by atoms with Gasteiger partial charge in [-0.15, -0.1) is 0 Å². The summed E-state index contributed by atoms with van der Waals surface area (Å²) in [5.74, 6) is -1.54. The molecule has 1 saturated heterocycles. The van der Waals surface area contributed by atoms with E-state index in [0.29, 0.717) is 43.8 Å². The molecule has 0 aromatic heterocycles. The number of nitrogens with zero attached hydrogens (tertiary/aromatic N) is 2. The number of fused-ring (bicyclic) bond motifs is 1.